The molecule has 0 aromatic heterocycles. The van der Waals surface area contributed by atoms with Crippen molar-refractivity contribution in [1.82, 2.24) is 0 Å². The van der Waals surface area contributed by atoms with Gasteiger partial charge in [0.25, 0.3) is 0 Å². The van der Waals surface area contributed by atoms with E-state index in [9.17, 15) is 4.79 Å². The van der Waals surface area contributed by atoms with E-state index in [-0.39, 0.29) is 5.54 Å². The van der Waals surface area contributed by atoms with Crippen LogP contribution in [0.4, 0.5) is 0 Å². The summed E-state index contributed by atoms with van der Waals surface area (Å²) in [5.41, 5.74) is 2.08. The molecule has 0 N–H and O–H groups in total. The van der Waals surface area contributed by atoms with Crippen LogP contribution in [0.15, 0.2) is 27.7 Å². The van der Waals surface area contributed by atoms with Gasteiger partial charge in [0.05, 0.1) is 5.54 Å². The zero-order chi connectivity index (χ0) is 10.9. The molecule has 1 saturated carbocycles. The molecular formula is C12H12BrNO. The molecule has 0 heterocycles. The molecule has 78 valence electrons. The third-order valence-corrected chi connectivity index (χ3v) is 3.62. The first kappa shape index (κ1) is 10.6. The van der Waals surface area contributed by atoms with Crippen molar-refractivity contribution < 1.29 is 4.79 Å². The molecule has 1 aromatic rings. The van der Waals surface area contributed by atoms with Crippen molar-refractivity contribution in [2.75, 3.05) is 0 Å². The van der Waals surface area contributed by atoms with Gasteiger partial charge in [-0.1, -0.05) is 22.0 Å². The van der Waals surface area contributed by atoms with E-state index in [1.807, 2.05) is 6.07 Å². The molecule has 1 aromatic carbocycles. The van der Waals surface area contributed by atoms with Crippen LogP contribution >= 0.6 is 15.9 Å². The maximum absolute atomic E-state index is 10.5. The van der Waals surface area contributed by atoms with Crippen molar-refractivity contribution in [3.8, 4) is 0 Å². The Morgan fingerprint density at radius 3 is 2.67 bits per heavy atom. The number of nitrogens with zero attached hydrogens (tertiary/aromatic N) is 1. The van der Waals surface area contributed by atoms with Gasteiger partial charge in [0.2, 0.25) is 6.08 Å². The quantitative estimate of drug-likeness (QED) is 0.595. The molecule has 0 bridgehead atoms. The van der Waals surface area contributed by atoms with Crippen molar-refractivity contribution in [1.29, 1.82) is 0 Å². The van der Waals surface area contributed by atoms with Crippen molar-refractivity contribution in [2.24, 2.45) is 4.99 Å². The van der Waals surface area contributed by atoms with Crippen LogP contribution in [0.2, 0.25) is 0 Å². The Hall–Kier alpha value is -0.920. The molecule has 0 atom stereocenters. The summed E-state index contributed by atoms with van der Waals surface area (Å²) in [7, 11) is 0. The second-order valence-corrected chi connectivity index (χ2v) is 4.96. The Morgan fingerprint density at radius 1 is 1.47 bits per heavy atom. The normalized spacial score (nSPS) is 17.7. The lowest BCUT2D eigenvalue weighted by Gasteiger charge is -2.38. The summed E-state index contributed by atoms with van der Waals surface area (Å²) in [6.45, 7) is 2.06. The van der Waals surface area contributed by atoms with E-state index < -0.39 is 0 Å². The highest BCUT2D eigenvalue weighted by atomic mass is 79.9. The second kappa shape index (κ2) is 3.92. The molecule has 0 spiro atoms. The van der Waals surface area contributed by atoms with Gasteiger partial charge in [-0.25, -0.2) is 4.79 Å². The van der Waals surface area contributed by atoms with Gasteiger partial charge in [-0.2, -0.15) is 4.99 Å². The zero-order valence-corrected chi connectivity index (χ0v) is 10.2. The first-order valence-electron chi connectivity index (χ1n) is 5.04. The van der Waals surface area contributed by atoms with Gasteiger partial charge in [0, 0.05) is 4.47 Å². The summed E-state index contributed by atoms with van der Waals surface area (Å²) in [5.74, 6) is 0. The lowest BCUT2D eigenvalue weighted by molar-refractivity contribution is 0.255. The van der Waals surface area contributed by atoms with Crippen LogP contribution in [-0.4, -0.2) is 6.08 Å². The number of benzene rings is 1. The third kappa shape index (κ3) is 1.77. The number of hydrogen-bond acceptors (Lipinski definition) is 2. The highest BCUT2D eigenvalue weighted by Crippen LogP contribution is 2.46. The van der Waals surface area contributed by atoms with Crippen molar-refractivity contribution in [2.45, 2.75) is 31.7 Å². The van der Waals surface area contributed by atoms with Crippen LogP contribution in [0, 0.1) is 6.92 Å². The van der Waals surface area contributed by atoms with Crippen molar-refractivity contribution in [3.63, 3.8) is 0 Å². The molecule has 2 rings (SSSR count). The van der Waals surface area contributed by atoms with E-state index in [0.717, 1.165) is 23.7 Å². The molecule has 1 aliphatic rings. The van der Waals surface area contributed by atoms with E-state index in [4.69, 9.17) is 0 Å². The predicted molar refractivity (Wildman–Crippen MR) is 62.5 cm³/mol. The maximum atomic E-state index is 10.5. The van der Waals surface area contributed by atoms with E-state index in [1.54, 1.807) is 6.08 Å². The Kier molecular flexibility index (Phi) is 2.76. The number of rotatable bonds is 2. The number of aryl methyl sites for hydroxylation is 1. The molecule has 1 fully saturated rings. The van der Waals surface area contributed by atoms with E-state index >= 15 is 0 Å². The van der Waals surface area contributed by atoms with Gasteiger partial charge < -0.3 is 0 Å². The Bertz CT molecular complexity index is 431. The van der Waals surface area contributed by atoms with Crippen molar-refractivity contribution in [3.05, 3.63) is 33.8 Å². The molecule has 0 saturated heterocycles. The van der Waals surface area contributed by atoms with Gasteiger partial charge in [-0.3, -0.25) is 0 Å². The summed E-state index contributed by atoms with van der Waals surface area (Å²) < 4.78 is 1.06. The maximum Gasteiger partial charge on any atom is 0.235 e. The fourth-order valence-electron chi connectivity index (χ4n) is 2.19. The zero-order valence-electron chi connectivity index (χ0n) is 8.59. The highest BCUT2D eigenvalue weighted by molar-refractivity contribution is 9.10. The Labute approximate surface area is 97.5 Å². The standard InChI is InChI=1S/C12H12BrNO/c1-9-7-10(13)3-4-11(9)12(14-8-15)5-2-6-12/h3-4,7H,2,5-6H2,1H3. The van der Waals surface area contributed by atoms with Gasteiger partial charge in [-0.15, -0.1) is 0 Å². The first-order chi connectivity index (χ1) is 7.18. The highest BCUT2D eigenvalue weighted by Gasteiger charge is 2.39. The first-order valence-corrected chi connectivity index (χ1v) is 5.83. The van der Waals surface area contributed by atoms with E-state index in [2.05, 4.69) is 40.0 Å². The molecular weight excluding hydrogens is 254 g/mol. The smallest absolute Gasteiger partial charge is 0.211 e. The summed E-state index contributed by atoms with van der Waals surface area (Å²) in [6, 6.07) is 6.12. The number of halogens is 1. The summed E-state index contributed by atoms with van der Waals surface area (Å²) in [4.78, 5) is 14.5. The van der Waals surface area contributed by atoms with Gasteiger partial charge in [0.15, 0.2) is 0 Å². The summed E-state index contributed by atoms with van der Waals surface area (Å²) >= 11 is 3.43. The third-order valence-electron chi connectivity index (χ3n) is 3.13. The predicted octanol–water partition coefficient (Wildman–Crippen LogP) is 3.47. The lowest BCUT2D eigenvalue weighted by Crippen LogP contribution is -2.32. The average molecular weight is 266 g/mol. The largest absolute Gasteiger partial charge is 0.235 e. The fraction of sp³-hybridized carbons (Fsp3) is 0.417. The van der Waals surface area contributed by atoms with Gasteiger partial charge in [0.1, 0.15) is 0 Å². The van der Waals surface area contributed by atoms with Gasteiger partial charge >= 0.3 is 0 Å². The Morgan fingerprint density at radius 2 is 2.20 bits per heavy atom. The molecule has 0 radical (unpaired) electrons. The van der Waals surface area contributed by atoms with Crippen LogP contribution in [-0.2, 0) is 10.3 Å². The van der Waals surface area contributed by atoms with E-state index in [0.29, 0.717) is 0 Å². The monoisotopic (exact) mass is 265 g/mol. The minimum absolute atomic E-state index is 0.271. The molecule has 0 unspecified atom stereocenters. The molecule has 1 aliphatic carbocycles. The molecule has 15 heavy (non-hydrogen) atoms. The molecule has 0 aliphatic heterocycles. The van der Waals surface area contributed by atoms with Crippen LogP contribution in [0.3, 0.4) is 0 Å². The number of hydrogen-bond donors (Lipinski definition) is 0. The topological polar surface area (TPSA) is 29.4 Å². The number of aliphatic imine (C=N–C) groups is 1. The number of isocyanates is 1. The lowest BCUT2D eigenvalue weighted by atomic mass is 9.71. The summed E-state index contributed by atoms with van der Waals surface area (Å²) in [5, 5.41) is 0. The molecule has 2 nitrogen and oxygen atoms in total. The van der Waals surface area contributed by atoms with Gasteiger partial charge in [-0.05, 0) is 49.4 Å². The van der Waals surface area contributed by atoms with Crippen LogP contribution in [0.1, 0.15) is 30.4 Å². The number of carbonyl (C=O) groups excluding carboxylic acids is 1. The fourth-order valence-corrected chi connectivity index (χ4v) is 2.67. The average Bonchev–Trinajstić information content (AvgIpc) is 2.12. The van der Waals surface area contributed by atoms with E-state index in [1.165, 1.54) is 11.1 Å². The van der Waals surface area contributed by atoms with Crippen LogP contribution in [0.5, 0.6) is 0 Å². The minimum atomic E-state index is -0.271. The SMILES string of the molecule is Cc1cc(Br)ccc1C1(N=C=O)CCC1. The molecule has 3 heteroatoms. The second-order valence-electron chi connectivity index (χ2n) is 4.05. The Balaban J connectivity index is 2.47. The minimum Gasteiger partial charge on any atom is -0.211 e. The van der Waals surface area contributed by atoms with Crippen molar-refractivity contribution >= 4 is 22.0 Å². The van der Waals surface area contributed by atoms with Crippen LogP contribution in [0.25, 0.3) is 0 Å². The van der Waals surface area contributed by atoms with Crippen LogP contribution < -0.4 is 0 Å². The molecule has 0 amide bonds. The summed E-state index contributed by atoms with van der Waals surface area (Å²) in [6.07, 6.45) is 4.78.